The van der Waals surface area contributed by atoms with Gasteiger partial charge in [-0.25, -0.2) is 0 Å². The molecule has 3 N–H and O–H groups in total. The number of hydrogen-bond donors (Lipinski definition) is 2. The van der Waals surface area contributed by atoms with Crippen molar-refractivity contribution in [1.29, 1.82) is 0 Å². The molecule has 1 aliphatic rings. The van der Waals surface area contributed by atoms with Crippen molar-refractivity contribution in [2.75, 3.05) is 19.8 Å². The van der Waals surface area contributed by atoms with Crippen LogP contribution in [0.2, 0.25) is 0 Å². The Hall–Kier alpha value is -0.900. The highest BCUT2D eigenvalue weighted by atomic mass is 16.5. The van der Waals surface area contributed by atoms with Gasteiger partial charge in [0.05, 0.1) is 19.3 Å². The van der Waals surface area contributed by atoms with E-state index < -0.39 is 6.10 Å². The minimum Gasteiger partial charge on any atom is -0.387 e. The van der Waals surface area contributed by atoms with Gasteiger partial charge in [0.15, 0.2) is 0 Å². The zero-order chi connectivity index (χ0) is 10.7. The van der Waals surface area contributed by atoms with Crippen molar-refractivity contribution < 1.29 is 9.84 Å². The van der Waals surface area contributed by atoms with Crippen LogP contribution in [0.5, 0.6) is 0 Å². The van der Waals surface area contributed by atoms with Gasteiger partial charge >= 0.3 is 0 Å². The maximum Gasteiger partial charge on any atom is 0.0912 e. The van der Waals surface area contributed by atoms with Gasteiger partial charge in [0.1, 0.15) is 0 Å². The highest BCUT2D eigenvalue weighted by molar-refractivity contribution is 5.24. The fourth-order valence-electron chi connectivity index (χ4n) is 1.75. The fraction of sp³-hybridized carbons (Fsp3) is 0.500. The highest BCUT2D eigenvalue weighted by Gasteiger charge is 2.18. The molecule has 1 aromatic rings. The summed E-state index contributed by atoms with van der Waals surface area (Å²) in [4.78, 5) is 0. The van der Waals surface area contributed by atoms with Gasteiger partial charge in [-0.05, 0) is 17.5 Å². The van der Waals surface area contributed by atoms with E-state index in [0.29, 0.717) is 5.92 Å². The number of benzene rings is 1. The molecule has 1 saturated heterocycles. The van der Waals surface area contributed by atoms with Crippen molar-refractivity contribution >= 4 is 0 Å². The zero-order valence-electron chi connectivity index (χ0n) is 8.73. The van der Waals surface area contributed by atoms with Gasteiger partial charge in [-0.15, -0.1) is 0 Å². The highest BCUT2D eigenvalue weighted by Crippen LogP contribution is 2.18. The van der Waals surface area contributed by atoms with Crippen molar-refractivity contribution in [1.82, 2.24) is 0 Å². The van der Waals surface area contributed by atoms with Crippen LogP contribution in [0.4, 0.5) is 0 Å². The summed E-state index contributed by atoms with van der Waals surface area (Å²) in [5.41, 5.74) is 7.58. The quantitative estimate of drug-likeness (QED) is 0.770. The molecule has 0 saturated carbocycles. The Morgan fingerprint density at radius 2 is 2.00 bits per heavy atom. The van der Waals surface area contributed by atoms with E-state index >= 15 is 0 Å². The first-order valence-corrected chi connectivity index (χ1v) is 5.34. The number of aliphatic hydroxyl groups excluding tert-OH is 1. The summed E-state index contributed by atoms with van der Waals surface area (Å²) in [7, 11) is 0. The molecule has 82 valence electrons. The summed E-state index contributed by atoms with van der Waals surface area (Å²) in [5, 5.41) is 9.51. The largest absolute Gasteiger partial charge is 0.387 e. The molecule has 1 atom stereocenters. The molecular formula is C12H17NO2. The molecule has 1 heterocycles. The molecule has 1 aliphatic heterocycles. The Bertz CT molecular complexity index is 306. The van der Waals surface area contributed by atoms with Crippen LogP contribution in [0.1, 0.15) is 17.2 Å². The third-order valence-corrected chi connectivity index (χ3v) is 2.82. The lowest BCUT2D eigenvalue weighted by atomic mass is 9.96. The molecule has 1 aromatic carbocycles. The van der Waals surface area contributed by atoms with E-state index in [9.17, 15) is 5.11 Å². The van der Waals surface area contributed by atoms with Crippen molar-refractivity contribution in [3.63, 3.8) is 0 Å². The SMILES string of the molecule is NCC(O)c1ccc(CC2COC2)cc1. The molecule has 0 amide bonds. The Balaban J connectivity index is 1.96. The van der Waals surface area contributed by atoms with Crippen molar-refractivity contribution in [2.24, 2.45) is 11.7 Å². The van der Waals surface area contributed by atoms with Crippen LogP contribution in [0.15, 0.2) is 24.3 Å². The van der Waals surface area contributed by atoms with Crippen LogP contribution in [0, 0.1) is 5.92 Å². The van der Waals surface area contributed by atoms with Crippen LogP contribution < -0.4 is 5.73 Å². The first-order chi connectivity index (χ1) is 7.29. The zero-order valence-corrected chi connectivity index (χ0v) is 8.73. The maximum absolute atomic E-state index is 9.51. The Morgan fingerprint density at radius 3 is 2.47 bits per heavy atom. The molecule has 0 aromatic heterocycles. The lowest BCUT2D eigenvalue weighted by molar-refractivity contribution is -0.0312. The van der Waals surface area contributed by atoms with Gasteiger partial charge in [-0.2, -0.15) is 0 Å². The Kier molecular flexibility index (Phi) is 3.36. The summed E-state index contributed by atoms with van der Waals surface area (Å²) in [6.07, 6.45) is 0.532. The van der Waals surface area contributed by atoms with Gasteiger partial charge in [0.25, 0.3) is 0 Å². The molecule has 15 heavy (non-hydrogen) atoms. The molecule has 1 unspecified atom stereocenters. The van der Waals surface area contributed by atoms with Gasteiger partial charge < -0.3 is 15.6 Å². The fourth-order valence-corrected chi connectivity index (χ4v) is 1.75. The van der Waals surface area contributed by atoms with Crippen LogP contribution in [0.25, 0.3) is 0 Å². The second-order valence-electron chi connectivity index (χ2n) is 4.10. The van der Waals surface area contributed by atoms with E-state index in [1.165, 1.54) is 5.56 Å². The number of hydrogen-bond acceptors (Lipinski definition) is 3. The molecular weight excluding hydrogens is 190 g/mol. The Morgan fingerprint density at radius 1 is 1.33 bits per heavy atom. The van der Waals surface area contributed by atoms with E-state index in [4.69, 9.17) is 10.5 Å². The summed E-state index contributed by atoms with van der Waals surface area (Å²) in [6, 6.07) is 8.03. The van der Waals surface area contributed by atoms with Gasteiger partial charge in [0.2, 0.25) is 0 Å². The van der Waals surface area contributed by atoms with Gasteiger partial charge in [-0.1, -0.05) is 24.3 Å². The van der Waals surface area contributed by atoms with Crippen LogP contribution >= 0.6 is 0 Å². The Labute approximate surface area is 89.9 Å². The van der Waals surface area contributed by atoms with Crippen LogP contribution in [0.3, 0.4) is 0 Å². The average Bonchev–Trinajstić information content (AvgIpc) is 2.23. The van der Waals surface area contributed by atoms with E-state index in [2.05, 4.69) is 12.1 Å². The molecule has 2 rings (SSSR count). The van der Waals surface area contributed by atoms with E-state index in [0.717, 1.165) is 25.2 Å². The standard InChI is InChI=1S/C12H17NO2/c13-6-12(14)11-3-1-9(2-4-11)5-10-7-15-8-10/h1-4,10,12,14H,5-8,13H2. The van der Waals surface area contributed by atoms with Gasteiger partial charge in [0, 0.05) is 12.5 Å². The summed E-state index contributed by atoms with van der Waals surface area (Å²) in [5.74, 6) is 0.676. The third-order valence-electron chi connectivity index (χ3n) is 2.82. The lowest BCUT2D eigenvalue weighted by Gasteiger charge is -2.25. The maximum atomic E-state index is 9.51. The van der Waals surface area contributed by atoms with Crippen molar-refractivity contribution in [3.8, 4) is 0 Å². The topological polar surface area (TPSA) is 55.5 Å². The smallest absolute Gasteiger partial charge is 0.0912 e. The molecule has 3 heteroatoms. The number of ether oxygens (including phenoxy) is 1. The normalized spacial score (nSPS) is 18.5. The number of rotatable bonds is 4. The molecule has 0 radical (unpaired) electrons. The summed E-state index contributed by atoms with van der Waals surface area (Å²) < 4.78 is 5.13. The first-order valence-electron chi connectivity index (χ1n) is 5.34. The number of aliphatic hydroxyl groups is 1. The van der Waals surface area contributed by atoms with Crippen molar-refractivity contribution in [2.45, 2.75) is 12.5 Å². The van der Waals surface area contributed by atoms with Crippen molar-refractivity contribution in [3.05, 3.63) is 35.4 Å². The molecule has 0 aliphatic carbocycles. The minimum atomic E-state index is -0.536. The van der Waals surface area contributed by atoms with Gasteiger partial charge in [-0.3, -0.25) is 0 Å². The first kappa shape index (κ1) is 10.6. The van der Waals surface area contributed by atoms with Crippen LogP contribution in [-0.2, 0) is 11.2 Å². The molecule has 3 nitrogen and oxygen atoms in total. The van der Waals surface area contributed by atoms with E-state index in [1.54, 1.807) is 0 Å². The minimum absolute atomic E-state index is 0.274. The lowest BCUT2D eigenvalue weighted by Crippen LogP contribution is -2.29. The molecule has 0 bridgehead atoms. The predicted molar refractivity (Wildman–Crippen MR) is 58.5 cm³/mol. The van der Waals surface area contributed by atoms with Crippen LogP contribution in [-0.4, -0.2) is 24.9 Å². The monoisotopic (exact) mass is 207 g/mol. The average molecular weight is 207 g/mol. The second kappa shape index (κ2) is 4.75. The summed E-state index contributed by atoms with van der Waals surface area (Å²) in [6.45, 7) is 2.04. The predicted octanol–water partition coefficient (Wildman–Crippen LogP) is 0.868. The summed E-state index contributed by atoms with van der Waals surface area (Å²) >= 11 is 0. The van der Waals surface area contributed by atoms with E-state index in [-0.39, 0.29) is 6.54 Å². The molecule has 0 spiro atoms. The molecule has 1 fully saturated rings. The second-order valence-corrected chi connectivity index (χ2v) is 4.10. The van der Waals surface area contributed by atoms with E-state index in [1.807, 2.05) is 12.1 Å². The number of nitrogens with two attached hydrogens (primary N) is 1. The third kappa shape index (κ3) is 2.56.